The number of amides is 1. The van der Waals surface area contributed by atoms with Gasteiger partial charge in [0.05, 0.1) is 27.1 Å². The van der Waals surface area contributed by atoms with Crippen molar-refractivity contribution in [3.05, 3.63) is 39.6 Å². The average molecular weight is 505 g/mol. The number of hydrogen-bond acceptors (Lipinski definition) is 5. The molecule has 34 heavy (non-hydrogen) atoms. The number of ether oxygens (including phenoxy) is 1. The molecule has 1 atom stereocenters. The van der Waals surface area contributed by atoms with Gasteiger partial charge < -0.3 is 15.0 Å². The van der Waals surface area contributed by atoms with Crippen LogP contribution in [0.3, 0.4) is 0 Å². The standard InChI is InChI=1S/C26H34Cl2N4O2/c1-16-22(18-8-6-9-19(27)21(18)28)29-17(2)23(30-16)32-14-12-26(13-15-32)11-7-10-20(26)31-24(33)34-25(3,4)5/h6,8-9,20H,7,10-15H2,1-5H3,(H,31,33)/t20-/m1/s1. The smallest absolute Gasteiger partial charge is 0.407 e. The largest absolute Gasteiger partial charge is 0.444 e. The van der Waals surface area contributed by atoms with Gasteiger partial charge in [-0.3, -0.25) is 0 Å². The Morgan fingerprint density at radius 3 is 2.50 bits per heavy atom. The van der Waals surface area contributed by atoms with Crippen molar-refractivity contribution in [1.82, 2.24) is 15.3 Å². The van der Waals surface area contributed by atoms with E-state index in [0.29, 0.717) is 10.0 Å². The van der Waals surface area contributed by atoms with E-state index in [0.717, 1.165) is 73.7 Å². The van der Waals surface area contributed by atoms with Crippen LogP contribution in [-0.2, 0) is 4.74 Å². The maximum atomic E-state index is 12.4. The van der Waals surface area contributed by atoms with Crippen molar-refractivity contribution in [2.24, 2.45) is 5.41 Å². The third-order valence-electron chi connectivity index (χ3n) is 7.08. The number of benzene rings is 1. The molecule has 4 rings (SSSR count). The highest BCUT2D eigenvalue weighted by molar-refractivity contribution is 6.43. The van der Waals surface area contributed by atoms with Crippen molar-refractivity contribution < 1.29 is 9.53 Å². The fourth-order valence-electron chi connectivity index (χ4n) is 5.41. The van der Waals surface area contributed by atoms with Crippen LogP contribution in [0.2, 0.25) is 10.0 Å². The molecule has 1 saturated heterocycles. The van der Waals surface area contributed by atoms with Crippen LogP contribution in [0.4, 0.5) is 10.6 Å². The molecule has 1 aromatic heterocycles. The molecule has 1 aromatic carbocycles. The van der Waals surface area contributed by atoms with Crippen LogP contribution < -0.4 is 10.2 Å². The Kier molecular flexibility index (Phi) is 7.03. The van der Waals surface area contributed by atoms with Gasteiger partial charge in [0.25, 0.3) is 0 Å². The lowest BCUT2D eigenvalue weighted by molar-refractivity contribution is 0.0442. The molecule has 184 valence electrons. The minimum absolute atomic E-state index is 0.123. The quantitative estimate of drug-likeness (QED) is 0.501. The second-order valence-electron chi connectivity index (χ2n) is 10.6. The van der Waals surface area contributed by atoms with E-state index in [1.165, 1.54) is 0 Å². The fourth-order valence-corrected chi connectivity index (χ4v) is 5.80. The van der Waals surface area contributed by atoms with Crippen LogP contribution in [0, 0.1) is 19.3 Å². The normalized spacial score (nSPS) is 20.0. The summed E-state index contributed by atoms with van der Waals surface area (Å²) in [6.45, 7) is 11.4. The lowest BCUT2D eigenvalue weighted by atomic mass is 9.74. The topological polar surface area (TPSA) is 67.4 Å². The third-order valence-corrected chi connectivity index (χ3v) is 7.90. The van der Waals surface area contributed by atoms with Crippen LogP contribution in [-0.4, -0.2) is 40.8 Å². The summed E-state index contributed by atoms with van der Waals surface area (Å²) in [6, 6.07) is 5.73. The summed E-state index contributed by atoms with van der Waals surface area (Å²) in [5, 5.41) is 4.18. The third kappa shape index (κ3) is 5.13. The molecule has 1 aliphatic heterocycles. The van der Waals surface area contributed by atoms with Crippen LogP contribution in [0.1, 0.15) is 64.3 Å². The number of aromatic nitrogens is 2. The number of hydrogen-bond donors (Lipinski definition) is 1. The lowest BCUT2D eigenvalue weighted by Gasteiger charge is -2.44. The molecule has 2 heterocycles. The number of rotatable bonds is 3. The van der Waals surface area contributed by atoms with Gasteiger partial charge in [-0.2, -0.15) is 0 Å². The zero-order chi connectivity index (χ0) is 24.7. The first-order valence-corrected chi connectivity index (χ1v) is 12.8. The maximum Gasteiger partial charge on any atom is 0.407 e. The Hall–Kier alpha value is -2.05. The Morgan fingerprint density at radius 2 is 1.82 bits per heavy atom. The predicted molar refractivity (Wildman–Crippen MR) is 138 cm³/mol. The van der Waals surface area contributed by atoms with Gasteiger partial charge in [0.1, 0.15) is 11.4 Å². The highest BCUT2D eigenvalue weighted by atomic mass is 35.5. The fraction of sp³-hybridized carbons (Fsp3) is 0.577. The second kappa shape index (κ2) is 9.54. The van der Waals surface area contributed by atoms with Gasteiger partial charge in [-0.25, -0.2) is 14.8 Å². The van der Waals surface area contributed by atoms with Gasteiger partial charge >= 0.3 is 6.09 Å². The van der Waals surface area contributed by atoms with Crippen molar-refractivity contribution in [3.63, 3.8) is 0 Å². The summed E-state index contributed by atoms with van der Waals surface area (Å²) < 4.78 is 5.52. The Balaban J connectivity index is 1.48. The van der Waals surface area contributed by atoms with E-state index in [4.69, 9.17) is 37.9 Å². The zero-order valence-corrected chi connectivity index (χ0v) is 22.2. The van der Waals surface area contributed by atoms with Gasteiger partial charge in [0, 0.05) is 24.7 Å². The summed E-state index contributed by atoms with van der Waals surface area (Å²) in [5.74, 6) is 0.920. The highest BCUT2D eigenvalue weighted by Crippen LogP contribution is 2.47. The molecule has 8 heteroatoms. The molecule has 0 radical (unpaired) electrons. The van der Waals surface area contributed by atoms with Crippen LogP contribution in [0.5, 0.6) is 0 Å². The van der Waals surface area contributed by atoms with E-state index < -0.39 is 5.60 Å². The van der Waals surface area contributed by atoms with Crippen LogP contribution in [0.15, 0.2) is 18.2 Å². The van der Waals surface area contributed by atoms with Crippen molar-refractivity contribution >= 4 is 35.1 Å². The minimum Gasteiger partial charge on any atom is -0.444 e. The summed E-state index contributed by atoms with van der Waals surface area (Å²) in [7, 11) is 0. The second-order valence-corrected chi connectivity index (χ2v) is 11.4. The van der Waals surface area contributed by atoms with E-state index in [1.54, 1.807) is 6.07 Å². The zero-order valence-electron chi connectivity index (χ0n) is 20.7. The molecule has 1 spiro atoms. The number of alkyl carbamates (subject to hydrolysis) is 1. The van der Waals surface area contributed by atoms with Crippen molar-refractivity contribution in [1.29, 1.82) is 0 Å². The Labute approximate surface area is 212 Å². The number of anilines is 1. The maximum absolute atomic E-state index is 12.4. The monoisotopic (exact) mass is 504 g/mol. The van der Waals surface area contributed by atoms with E-state index in [1.807, 2.05) is 46.8 Å². The van der Waals surface area contributed by atoms with Crippen molar-refractivity contribution in [2.45, 2.75) is 78.4 Å². The summed E-state index contributed by atoms with van der Waals surface area (Å²) in [5.41, 5.74) is 2.90. The van der Waals surface area contributed by atoms with Gasteiger partial charge in [-0.1, -0.05) is 41.8 Å². The molecule has 1 N–H and O–H groups in total. The molecule has 2 aliphatic rings. The molecular weight excluding hydrogens is 471 g/mol. The molecule has 1 amide bonds. The first-order chi connectivity index (χ1) is 16.0. The van der Waals surface area contributed by atoms with Crippen LogP contribution in [0.25, 0.3) is 11.3 Å². The lowest BCUT2D eigenvalue weighted by Crippen LogP contribution is -2.51. The van der Waals surface area contributed by atoms with Crippen LogP contribution >= 0.6 is 23.2 Å². The number of nitrogens with one attached hydrogen (secondary N) is 1. The van der Waals surface area contributed by atoms with Gasteiger partial charge in [-0.05, 0) is 71.8 Å². The summed E-state index contributed by atoms with van der Waals surface area (Å²) in [6.07, 6.45) is 4.98. The molecule has 1 aliphatic carbocycles. The van der Waals surface area contributed by atoms with Crippen molar-refractivity contribution in [3.8, 4) is 11.3 Å². The van der Waals surface area contributed by atoms with Gasteiger partial charge in [0.2, 0.25) is 0 Å². The first kappa shape index (κ1) is 25.1. The molecule has 2 aromatic rings. The predicted octanol–water partition coefficient (Wildman–Crippen LogP) is 6.73. The Morgan fingerprint density at radius 1 is 1.12 bits per heavy atom. The number of carbonyl (C=O) groups is 1. The highest BCUT2D eigenvalue weighted by Gasteiger charge is 2.46. The first-order valence-electron chi connectivity index (χ1n) is 12.0. The number of nitrogens with zero attached hydrogens (tertiary/aromatic N) is 3. The molecule has 2 fully saturated rings. The number of halogens is 2. The average Bonchev–Trinajstić information content (AvgIpc) is 3.12. The van der Waals surface area contributed by atoms with Gasteiger partial charge in [0.15, 0.2) is 0 Å². The van der Waals surface area contributed by atoms with E-state index in [2.05, 4.69) is 10.2 Å². The van der Waals surface area contributed by atoms with E-state index in [-0.39, 0.29) is 17.6 Å². The molecular formula is C26H34Cl2N4O2. The summed E-state index contributed by atoms with van der Waals surface area (Å²) in [4.78, 5) is 24.6. The number of carbonyl (C=O) groups excluding carboxylic acids is 1. The molecule has 6 nitrogen and oxygen atoms in total. The van der Waals surface area contributed by atoms with E-state index >= 15 is 0 Å². The summed E-state index contributed by atoms with van der Waals surface area (Å²) >= 11 is 12.7. The van der Waals surface area contributed by atoms with Gasteiger partial charge in [-0.15, -0.1) is 0 Å². The SMILES string of the molecule is Cc1nc(N2CCC3(CCC[C@H]3NC(=O)OC(C)(C)C)CC2)c(C)nc1-c1cccc(Cl)c1Cl. The Bertz CT molecular complexity index is 1080. The van der Waals surface area contributed by atoms with Crippen molar-refractivity contribution in [2.75, 3.05) is 18.0 Å². The number of piperidine rings is 1. The molecule has 0 unspecified atom stereocenters. The minimum atomic E-state index is -0.491. The number of aryl methyl sites for hydroxylation is 2. The molecule has 1 saturated carbocycles. The molecule has 0 bridgehead atoms. The van der Waals surface area contributed by atoms with E-state index in [9.17, 15) is 4.79 Å².